The highest BCUT2D eigenvalue weighted by Crippen LogP contribution is 2.24. The minimum Gasteiger partial charge on any atom is -0.496 e. The van der Waals surface area contributed by atoms with Gasteiger partial charge < -0.3 is 15.2 Å². The lowest BCUT2D eigenvalue weighted by Crippen LogP contribution is -2.39. The molecule has 0 aliphatic carbocycles. The molecule has 0 radical (unpaired) electrons. The average Bonchev–Trinajstić information content (AvgIpc) is 2.36. The summed E-state index contributed by atoms with van der Waals surface area (Å²) >= 11 is 0. The lowest BCUT2D eigenvalue weighted by Gasteiger charge is -2.26. The smallest absolute Gasteiger partial charge is 0.123 e. The van der Waals surface area contributed by atoms with E-state index in [4.69, 9.17) is 9.84 Å². The van der Waals surface area contributed by atoms with Gasteiger partial charge in [-0.15, -0.1) is 0 Å². The van der Waals surface area contributed by atoms with Gasteiger partial charge in [0.2, 0.25) is 0 Å². The van der Waals surface area contributed by atoms with Crippen molar-refractivity contribution >= 4 is 0 Å². The van der Waals surface area contributed by atoms with Crippen molar-refractivity contribution in [3.05, 3.63) is 29.3 Å². The summed E-state index contributed by atoms with van der Waals surface area (Å²) in [5.41, 5.74) is 2.41. The van der Waals surface area contributed by atoms with Gasteiger partial charge in [-0.25, -0.2) is 0 Å². The van der Waals surface area contributed by atoms with E-state index in [0.717, 1.165) is 18.7 Å². The number of ether oxygens (including phenoxy) is 1. The van der Waals surface area contributed by atoms with Crippen LogP contribution in [0.3, 0.4) is 0 Å². The van der Waals surface area contributed by atoms with Crippen LogP contribution in [0.25, 0.3) is 0 Å². The van der Waals surface area contributed by atoms with E-state index >= 15 is 0 Å². The number of aliphatic hydroxyl groups is 1. The van der Waals surface area contributed by atoms with Crippen LogP contribution in [0, 0.1) is 0 Å². The second-order valence-corrected chi connectivity index (χ2v) is 5.94. The molecule has 0 fully saturated rings. The van der Waals surface area contributed by atoms with Gasteiger partial charge in [-0.05, 0) is 37.8 Å². The first-order valence-corrected chi connectivity index (χ1v) is 6.92. The molecule has 0 aliphatic rings. The summed E-state index contributed by atoms with van der Waals surface area (Å²) in [5.74, 6) is 1.42. The molecule has 0 atom stereocenters. The molecule has 0 unspecified atom stereocenters. The van der Waals surface area contributed by atoms with E-state index in [-0.39, 0.29) is 12.1 Å². The van der Waals surface area contributed by atoms with Gasteiger partial charge in [-0.2, -0.15) is 0 Å². The zero-order chi connectivity index (χ0) is 14.5. The fourth-order valence-corrected chi connectivity index (χ4v) is 2.00. The zero-order valence-electron chi connectivity index (χ0n) is 12.8. The zero-order valence-corrected chi connectivity index (χ0v) is 12.8. The van der Waals surface area contributed by atoms with E-state index in [0.29, 0.717) is 5.92 Å². The number of hydrogen-bond donors (Lipinski definition) is 2. The molecule has 0 saturated carbocycles. The van der Waals surface area contributed by atoms with Crippen molar-refractivity contribution in [2.75, 3.05) is 13.7 Å². The number of hydrogen-bond acceptors (Lipinski definition) is 3. The third-order valence-corrected chi connectivity index (χ3v) is 3.47. The molecule has 1 aromatic carbocycles. The predicted octanol–water partition coefficient (Wildman–Crippen LogP) is 3.07. The Hall–Kier alpha value is -1.06. The highest BCUT2D eigenvalue weighted by Gasteiger charge is 2.17. The topological polar surface area (TPSA) is 41.5 Å². The number of aliphatic hydroxyl groups excluding tert-OH is 1. The maximum atomic E-state index is 9.05. The summed E-state index contributed by atoms with van der Waals surface area (Å²) in [6.07, 6.45) is 0.735. The lowest BCUT2D eigenvalue weighted by atomic mass is 9.98. The van der Waals surface area contributed by atoms with Crippen LogP contribution in [-0.4, -0.2) is 24.4 Å². The Morgan fingerprint density at radius 2 is 2.00 bits per heavy atom. The van der Waals surface area contributed by atoms with E-state index in [1.165, 1.54) is 11.1 Å². The quantitative estimate of drug-likeness (QED) is 0.796. The summed E-state index contributed by atoms with van der Waals surface area (Å²) in [5, 5.41) is 12.5. The maximum Gasteiger partial charge on any atom is 0.123 e. The number of methoxy groups -OCH3 is 1. The van der Waals surface area contributed by atoms with Gasteiger partial charge in [0.05, 0.1) is 7.11 Å². The van der Waals surface area contributed by atoms with Gasteiger partial charge in [0, 0.05) is 24.3 Å². The van der Waals surface area contributed by atoms with Crippen LogP contribution >= 0.6 is 0 Å². The molecule has 108 valence electrons. The third-order valence-electron chi connectivity index (χ3n) is 3.47. The Kier molecular flexibility index (Phi) is 5.83. The molecule has 1 rings (SSSR count). The second-order valence-electron chi connectivity index (χ2n) is 5.94. The molecule has 0 bridgehead atoms. The van der Waals surface area contributed by atoms with Crippen molar-refractivity contribution in [1.29, 1.82) is 0 Å². The Morgan fingerprint density at radius 3 is 2.53 bits per heavy atom. The van der Waals surface area contributed by atoms with E-state index < -0.39 is 0 Å². The molecule has 3 nitrogen and oxygen atoms in total. The Balaban J connectivity index is 2.83. The lowest BCUT2D eigenvalue weighted by molar-refractivity contribution is 0.229. The van der Waals surface area contributed by atoms with Gasteiger partial charge in [0.15, 0.2) is 0 Å². The molecule has 0 spiro atoms. The van der Waals surface area contributed by atoms with Crippen molar-refractivity contribution in [3.8, 4) is 5.75 Å². The van der Waals surface area contributed by atoms with Crippen LogP contribution < -0.4 is 10.1 Å². The highest BCUT2D eigenvalue weighted by atomic mass is 16.5. The molecular formula is C16H27NO2. The van der Waals surface area contributed by atoms with Gasteiger partial charge in [-0.1, -0.05) is 26.0 Å². The summed E-state index contributed by atoms with van der Waals surface area (Å²) in [4.78, 5) is 0. The second kappa shape index (κ2) is 6.92. The first-order chi connectivity index (χ1) is 8.89. The molecule has 1 aromatic rings. The minimum absolute atomic E-state index is 0.0758. The van der Waals surface area contributed by atoms with E-state index in [2.05, 4.69) is 45.1 Å². The summed E-state index contributed by atoms with van der Waals surface area (Å²) in [6, 6.07) is 6.35. The van der Waals surface area contributed by atoms with Gasteiger partial charge in [-0.3, -0.25) is 0 Å². The molecule has 19 heavy (non-hydrogen) atoms. The normalized spacial score (nSPS) is 11.9. The molecule has 0 aliphatic heterocycles. The molecule has 0 heterocycles. The van der Waals surface area contributed by atoms with Crippen molar-refractivity contribution in [2.45, 2.75) is 52.1 Å². The molecular weight excluding hydrogens is 238 g/mol. The monoisotopic (exact) mass is 265 g/mol. The van der Waals surface area contributed by atoms with Crippen LogP contribution in [0.15, 0.2) is 18.2 Å². The van der Waals surface area contributed by atoms with Crippen molar-refractivity contribution < 1.29 is 9.84 Å². The van der Waals surface area contributed by atoms with Crippen LogP contribution in [0.2, 0.25) is 0 Å². The van der Waals surface area contributed by atoms with Crippen LogP contribution in [0.4, 0.5) is 0 Å². The van der Waals surface area contributed by atoms with Crippen molar-refractivity contribution in [1.82, 2.24) is 5.32 Å². The van der Waals surface area contributed by atoms with E-state index in [1.54, 1.807) is 7.11 Å². The third kappa shape index (κ3) is 4.84. The van der Waals surface area contributed by atoms with Crippen LogP contribution in [0.1, 0.15) is 51.2 Å². The van der Waals surface area contributed by atoms with Crippen LogP contribution in [0.5, 0.6) is 5.75 Å². The predicted molar refractivity (Wildman–Crippen MR) is 79.7 cm³/mol. The minimum atomic E-state index is -0.0758. The summed E-state index contributed by atoms with van der Waals surface area (Å²) in [6.45, 7) is 9.52. The molecule has 0 aromatic heterocycles. The SMILES string of the molecule is COc1ccc(C(C)C)cc1CNC(C)(C)CCO. The first kappa shape index (κ1) is 16.0. The fraction of sp³-hybridized carbons (Fsp3) is 0.625. The van der Waals surface area contributed by atoms with Gasteiger partial charge >= 0.3 is 0 Å². The maximum absolute atomic E-state index is 9.05. The Labute approximate surface area is 117 Å². The summed E-state index contributed by atoms with van der Waals surface area (Å²) < 4.78 is 5.42. The summed E-state index contributed by atoms with van der Waals surface area (Å²) in [7, 11) is 1.70. The van der Waals surface area contributed by atoms with Gasteiger partial charge in [0.25, 0.3) is 0 Å². The first-order valence-electron chi connectivity index (χ1n) is 6.92. The standard InChI is InChI=1S/C16H27NO2/c1-12(2)13-6-7-15(19-5)14(10-13)11-17-16(3,4)8-9-18/h6-7,10,12,17-18H,8-9,11H2,1-5H3. The Morgan fingerprint density at radius 1 is 1.32 bits per heavy atom. The average molecular weight is 265 g/mol. The largest absolute Gasteiger partial charge is 0.496 e. The number of rotatable bonds is 7. The fourth-order valence-electron chi connectivity index (χ4n) is 2.00. The Bertz CT molecular complexity index is 400. The molecule has 2 N–H and O–H groups in total. The van der Waals surface area contributed by atoms with E-state index in [9.17, 15) is 0 Å². The van der Waals surface area contributed by atoms with Crippen molar-refractivity contribution in [3.63, 3.8) is 0 Å². The molecule has 0 saturated heterocycles. The molecule has 3 heteroatoms. The van der Waals surface area contributed by atoms with Gasteiger partial charge in [0.1, 0.15) is 5.75 Å². The van der Waals surface area contributed by atoms with Crippen LogP contribution in [-0.2, 0) is 6.54 Å². The van der Waals surface area contributed by atoms with E-state index in [1.807, 2.05) is 6.07 Å². The molecule has 0 amide bonds. The van der Waals surface area contributed by atoms with Crippen molar-refractivity contribution in [2.24, 2.45) is 0 Å². The number of nitrogens with one attached hydrogen (secondary N) is 1. The highest BCUT2D eigenvalue weighted by molar-refractivity contribution is 5.38. The number of benzene rings is 1.